The molecule has 0 saturated carbocycles. The number of halogens is 1. The number of unbranched alkanes of at least 4 members (excludes halogenated alkanes) is 1. The lowest BCUT2D eigenvalue weighted by Gasteiger charge is -2.06. The number of nitrogens with two attached hydrogens (primary N) is 1. The minimum atomic E-state index is -0.218. The molecule has 0 fully saturated rings. The van der Waals surface area contributed by atoms with Gasteiger partial charge in [-0.25, -0.2) is 4.39 Å². The molecule has 0 atom stereocenters. The van der Waals surface area contributed by atoms with Crippen molar-refractivity contribution in [3.63, 3.8) is 0 Å². The highest BCUT2D eigenvalue weighted by atomic mass is 19.1. The molecule has 3 heteroatoms. The molecular formula is C24H23FN2. The maximum absolute atomic E-state index is 13.8. The SMILES string of the molecule is NCCCCc1c(-c2cccc(F)c2)[nH]c2ccc(-c3ccccc3)cc12. The van der Waals surface area contributed by atoms with Crippen LogP contribution in [0.15, 0.2) is 72.8 Å². The highest BCUT2D eigenvalue weighted by Crippen LogP contribution is 2.34. The summed E-state index contributed by atoms with van der Waals surface area (Å²) in [5, 5.41) is 1.20. The van der Waals surface area contributed by atoms with Crippen molar-refractivity contribution < 1.29 is 4.39 Å². The summed E-state index contributed by atoms with van der Waals surface area (Å²) in [5.41, 5.74) is 12.3. The summed E-state index contributed by atoms with van der Waals surface area (Å²) >= 11 is 0. The third-order valence-corrected chi connectivity index (χ3v) is 5.01. The van der Waals surface area contributed by atoms with E-state index in [1.165, 1.54) is 28.1 Å². The van der Waals surface area contributed by atoms with Crippen LogP contribution in [0.2, 0.25) is 0 Å². The van der Waals surface area contributed by atoms with Crippen LogP contribution in [0.5, 0.6) is 0 Å². The predicted octanol–water partition coefficient (Wildman–Crippen LogP) is 5.92. The molecule has 3 N–H and O–H groups in total. The van der Waals surface area contributed by atoms with E-state index in [4.69, 9.17) is 5.73 Å². The van der Waals surface area contributed by atoms with Crippen molar-refractivity contribution in [3.05, 3.63) is 84.2 Å². The van der Waals surface area contributed by atoms with Gasteiger partial charge in [0.25, 0.3) is 0 Å². The van der Waals surface area contributed by atoms with E-state index in [-0.39, 0.29) is 5.82 Å². The second-order valence-electron chi connectivity index (χ2n) is 6.86. The van der Waals surface area contributed by atoms with Gasteiger partial charge in [-0.15, -0.1) is 0 Å². The molecule has 0 aliphatic rings. The van der Waals surface area contributed by atoms with Crippen LogP contribution in [0.3, 0.4) is 0 Å². The summed E-state index contributed by atoms with van der Waals surface area (Å²) in [5.74, 6) is -0.218. The number of aromatic nitrogens is 1. The molecule has 0 aliphatic heterocycles. The summed E-state index contributed by atoms with van der Waals surface area (Å²) < 4.78 is 13.8. The summed E-state index contributed by atoms with van der Waals surface area (Å²) in [6, 6.07) is 23.6. The first-order chi connectivity index (χ1) is 13.3. The third-order valence-electron chi connectivity index (χ3n) is 5.01. The molecule has 1 aromatic heterocycles. The second-order valence-corrected chi connectivity index (χ2v) is 6.86. The molecule has 27 heavy (non-hydrogen) atoms. The molecule has 3 aromatic carbocycles. The van der Waals surface area contributed by atoms with Crippen molar-refractivity contribution in [1.82, 2.24) is 4.98 Å². The quantitative estimate of drug-likeness (QED) is 0.413. The van der Waals surface area contributed by atoms with Gasteiger partial charge in [0, 0.05) is 22.2 Å². The molecule has 4 aromatic rings. The molecule has 0 unspecified atom stereocenters. The zero-order chi connectivity index (χ0) is 18.6. The Kier molecular flexibility index (Phi) is 5.03. The lowest BCUT2D eigenvalue weighted by molar-refractivity contribution is 0.628. The molecule has 0 radical (unpaired) electrons. The van der Waals surface area contributed by atoms with Crippen LogP contribution < -0.4 is 5.73 Å². The summed E-state index contributed by atoms with van der Waals surface area (Å²) in [6.07, 6.45) is 2.91. The Morgan fingerprint density at radius 2 is 1.59 bits per heavy atom. The topological polar surface area (TPSA) is 41.8 Å². The first-order valence-corrected chi connectivity index (χ1v) is 9.42. The molecule has 0 bridgehead atoms. The Hall–Kier alpha value is -2.91. The van der Waals surface area contributed by atoms with Crippen molar-refractivity contribution in [2.75, 3.05) is 6.54 Å². The maximum atomic E-state index is 13.8. The van der Waals surface area contributed by atoms with Gasteiger partial charge in [-0.1, -0.05) is 48.5 Å². The van der Waals surface area contributed by atoms with E-state index in [2.05, 4.69) is 47.4 Å². The average Bonchev–Trinajstić information content (AvgIpc) is 3.07. The Bertz CT molecular complexity index is 1050. The predicted molar refractivity (Wildman–Crippen MR) is 111 cm³/mol. The molecule has 1 heterocycles. The Balaban J connectivity index is 1.86. The highest BCUT2D eigenvalue weighted by molar-refractivity contribution is 5.93. The number of rotatable bonds is 6. The van der Waals surface area contributed by atoms with Crippen molar-refractivity contribution in [2.45, 2.75) is 19.3 Å². The van der Waals surface area contributed by atoms with Gasteiger partial charge < -0.3 is 10.7 Å². The number of aryl methyl sites for hydroxylation is 1. The zero-order valence-electron chi connectivity index (χ0n) is 15.2. The van der Waals surface area contributed by atoms with Gasteiger partial charge in [-0.05, 0) is 66.8 Å². The highest BCUT2D eigenvalue weighted by Gasteiger charge is 2.14. The van der Waals surface area contributed by atoms with E-state index >= 15 is 0 Å². The van der Waals surface area contributed by atoms with Gasteiger partial charge in [0.1, 0.15) is 5.82 Å². The van der Waals surface area contributed by atoms with E-state index in [0.717, 1.165) is 36.0 Å². The van der Waals surface area contributed by atoms with Crippen molar-refractivity contribution in [3.8, 4) is 22.4 Å². The maximum Gasteiger partial charge on any atom is 0.123 e. The monoisotopic (exact) mass is 358 g/mol. The van der Waals surface area contributed by atoms with E-state index < -0.39 is 0 Å². The van der Waals surface area contributed by atoms with Crippen LogP contribution in [0.1, 0.15) is 18.4 Å². The van der Waals surface area contributed by atoms with Crippen LogP contribution in [0.25, 0.3) is 33.3 Å². The van der Waals surface area contributed by atoms with E-state index in [9.17, 15) is 4.39 Å². The number of benzene rings is 3. The number of hydrogen-bond donors (Lipinski definition) is 2. The molecule has 0 amide bonds. The van der Waals surface area contributed by atoms with Crippen LogP contribution in [0.4, 0.5) is 4.39 Å². The molecule has 136 valence electrons. The van der Waals surface area contributed by atoms with Gasteiger partial charge in [-0.2, -0.15) is 0 Å². The van der Waals surface area contributed by atoms with E-state index in [0.29, 0.717) is 6.54 Å². The minimum absolute atomic E-state index is 0.218. The normalized spacial score (nSPS) is 11.2. The third kappa shape index (κ3) is 3.64. The second kappa shape index (κ2) is 7.77. The Morgan fingerprint density at radius 3 is 2.37 bits per heavy atom. The number of fused-ring (bicyclic) bond motifs is 1. The molecule has 0 saturated heterocycles. The Morgan fingerprint density at radius 1 is 0.778 bits per heavy atom. The number of hydrogen-bond acceptors (Lipinski definition) is 1. The largest absolute Gasteiger partial charge is 0.354 e. The lowest BCUT2D eigenvalue weighted by atomic mass is 9.97. The van der Waals surface area contributed by atoms with Crippen molar-refractivity contribution >= 4 is 10.9 Å². The average molecular weight is 358 g/mol. The smallest absolute Gasteiger partial charge is 0.123 e. The molecule has 0 spiro atoms. The zero-order valence-corrected chi connectivity index (χ0v) is 15.2. The Labute approximate surface area is 158 Å². The van der Waals surface area contributed by atoms with E-state index in [1.54, 1.807) is 12.1 Å². The van der Waals surface area contributed by atoms with Crippen LogP contribution in [-0.2, 0) is 6.42 Å². The van der Waals surface area contributed by atoms with Crippen molar-refractivity contribution in [1.29, 1.82) is 0 Å². The summed E-state index contributed by atoms with van der Waals surface area (Å²) in [6.45, 7) is 0.687. The minimum Gasteiger partial charge on any atom is -0.354 e. The molecule has 2 nitrogen and oxygen atoms in total. The standard InChI is InChI=1S/C24H23FN2/c25-20-10-6-9-19(15-20)24-21(11-4-5-14-26)22-16-18(12-13-23(22)27-24)17-7-2-1-3-8-17/h1-3,6-10,12-13,15-16,27H,4-5,11,14,26H2. The number of aromatic amines is 1. The number of H-pyrrole nitrogens is 1. The van der Waals surface area contributed by atoms with E-state index in [1.807, 2.05) is 12.1 Å². The summed E-state index contributed by atoms with van der Waals surface area (Å²) in [7, 11) is 0. The molecule has 0 aliphatic carbocycles. The first-order valence-electron chi connectivity index (χ1n) is 9.42. The van der Waals surface area contributed by atoms with Crippen LogP contribution >= 0.6 is 0 Å². The fourth-order valence-electron chi connectivity index (χ4n) is 3.65. The lowest BCUT2D eigenvalue weighted by Crippen LogP contribution is -1.99. The fraction of sp³-hybridized carbons (Fsp3) is 0.167. The molecular weight excluding hydrogens is 335 g/mol. The molecule has 4 rings (SSSR count). The first kappa shape index (κ1) is 17.5. The van der Waals surface area contributed by atoms with Gasteiger partial charge in [-0.3, -0.25) is 0 Å². The number of nitrogens with one attached hydrogen (secondary N) is 1. The van der Waals surface area contributed by atoms with Crippen LogP contribution in [0, 0.1) is 5.82 Å². The van der Waals surface area contributed by atoms with Crippen molar-refractivity contribution in [2.24, 2.45) is 5.73 Å². The van der Waals surface area contributed by atoms with Gasteiger partial charge in [0.15, 0.2) is 0 Å². The van der Waals surface area contributed by atoms with Crippen LogP contribution in [-0.4, -0.2) is 11.5 Å². The van der Waals surface area contributed by atoms with Gasteiger partial charge >= 0.3 is 0 Å². The summed E-state index contributed by atoms with van der Waals surface area (Å²) in [4.78, 5) is 3.52. The van der Waals surface area contributed by atoms with Gasteiger partial charge in [0.2, 0.25) is 0 Å². The fourth-order valence-corrected chi connectivity index (χ4v) is 3.65. The van der Waals surface area contributed by atoms with Gasteiger partial charge in [0.05, 0.1) is 0 Å².